The van der Waals surface area contributed by atoms with Crippen LogP contribution in [0.5, 0.6) is 0 Å². The van der Waals surface area contributed by atoms with E-state index in [1.165, 1.54) is 51.4 Å². The molecule has 1 fully saturated rings. The summed E-state index contributed by atoms with van der Waals surface area (Å²) in [4.78, 5) is 0. The molecule has 0 saturated heterocycles. The van der Waals surface area contributed by atoms with E-state index >= 15 is 0 Å². The van der Waals surface area contributed by atoms with Crippen molar-refractivity contribution in [3.05, 3.63) is 0 Å². The van der Waals surface area contributed by atoms with E-state index in [1.54, 1.807) is 0 Å². The second kappa shape index (κ2) is 10.2. The molecule has 0 atom stereocenters. The molecule has 0 unspecified atom stereocenters. The maximum absolute atomic E-state index is 4.91. The lowest BCUT2D eigenvalue weighted by Crippen LogP contribution is -1.85. The van der Waals surface area contributed by atoms with Gasteiger partial charge in [-0.3, -0.25) is 0 Å². The van der Waals surface area contributed by atoms with Crippen molar-refractivity contribution >= 4 is 40.0 Å². The molecule has 0 aromatic heterocycles. The molecule has 0 aliphatic heterocycles. The maximum atomic E-state index is 4.91. The van der Waals surface area contributed by atoms with Crippen molar-refractivity contribution in [2.75, 3.05) is 0 Å². The van der Waals surface area contributed by atoms with Gasteiger partial charge in [-0.05, 0) is 0 Å². The third-order valence-corrected chi connectivity index (χ3v) is 2.00. The highest BCUT2D eigenvalue weighted by Gasteiger charge is 1.95. The lowest BCUT2D eigenvalue weighted by atomic mass is 10.0. The predicted octanol–water partition coefficient (Wildman–Crippen LogP) is 4.81. The first kappa shape index (κ1) is 13.1. The normalized spacial score (nSPS) is 19.0. The van der Waals surface area contributed by atoms with Crippen LogP contribution in [-0.2, 0) is 0 Å². The zero-order valence-corrected chi connectivity index (χ0v) is 10.6. The second-order valence-electron chi connectivity index (χ2n) is 3.04. The fraction of sp³-hybridized carbons (Fsp3) is 1.00. The van der Waals surface area contributed by atoms with E-state index < -0.39 is 6.73 Å². The molecule has 1 rings (SSSR count). The molecule has 0 bridgehead atoms. The van der Waals surface area contributed by atoms with Gasteiger partial charge in [0.25, 0.3) is 0 Å². The average molecular weight is 247 g/mol. The first-order chi connectivity index (χ1) is 5.73. The highest BCUT2D eigenvalue weighted by Crippen LogP contribution is 2.15. The van der Waals surface area contributed by atoms with Gasteiger partial charge < -0.3 is 0 Å². The van der Waals surface area contributed by atoms with Crippen LogP contribution in [0.3, 0.4) is 0 Å². The van der Waals surface area contributed by atoms with Crippen molar-refractivity contribution in [3.8, 4) is 0 Å². The summed E-state index contributed by atoms with van der Waals surface area (Å²) in [5.74, 6) is 0. The van der Waals surface area contributed by atoms with Crippen molar-refractivity contribution in [1.29, 1.82) is 0 Å². The molecule has 12 heavy (non-hydrogen) atoms. The van der Waals surface area contributed by atoms with E-state index in [0.717, 1.165) is 0 Å². The Labute approximate surface area is 91.3 Å². The van der Waals surface area contributed by atoms with Crippen LogP contribution in [0, 0.1) is 0 Å². The summed E-state index contributed by atoms with van der Waals surface area (Å²) in [6.07, 6.45) is 12.0. The lowest BCUT2D eigenvalue weighted by molar-refractivity contribution is 0.504. The van der Waals surface area contributed by atoms with Crippen molar-refractivity contribution in [2.45, 2.75) is 51.4 Å². The maximum Gasteiger partial charge on any atom is 0.376 e. The summed E-state index contributed by atoms with van der Waals surface area (Å²) in [7, 11) is 0. The van der Waals surface area contributed by atoms with Crippen LogP contribution in [0.2, 0.25) is 0 Å². The molecule has 0 spiro atoms. The molecule has 1 aliphatic rings. The summed E-state index contributed by atoms with van der Waals surface area (Å²) < 4.78 is 0. The van der Waals surface area contributed by atoms with Crippen LogP contribution in [0.1, 0.15) is 51.4 Å². The SMILES string of the molecule is C1CCCCCCC1.Cl[Si](Cl)Cl. The molecule has 0 nitrogen and oxygen atoms in total. The van der Waals surface area contributed by atoms with Gasteiger partial charge in [0.1, 0.15) is 0 Å². The van der Waals surface area contributed by atoms with Gasteiger partial charge in [0.05, 0.1) is 0 Å². The Balaban J connectivity index is 0.000000261. The van der Waals surface area contributed by atoms with Crippen molar-refractivity contribution in [2.24, 2.45) is 0 Å². The standard InChI is InChI=1S/C8H16.Cl3Si/c1-2-4-6-8-7-5-3-1;1-4(2)3/h1-8H2;. The van der Waals surface area contributed by atoms with E-state index in [2.05, 4.69) is 0 Å². The van der Waals surface area contributed by atoms with Gasteiger partial charge in [-0.1, -0.05) is 51.4 Å². The van der Waals surface area contributed by atoms with Gasteiger partial charge in [0.15, 0.2) is 0 Å². The molecule has 0 N–H and O–H groups in total. The molecule has 1 radical (unpaired) electrons. The topological polar surface area (TPSA) is 0 Å². The fourth-order valence-corrected chi connectivity index (χ4v) is 1.41. The highest BCUT2D eigenvalue weighted by atomic mass is 35.8. The third-order valence-electron chi connectivity index (χ3n) is 2.00. The van der Waals surface area contributed by atoms with E-state index in [1.807, 2.05) is 0 Å². The summed E-state index contributed by atoms with van der Waals surface area (Å²) in [6.45, 7) is -1.46. The number of halogens is 3. The first-order valence-corrected chi connectivity index (χ1v) is 9.10. The molecule has 1 saturated carbocycles. The molecule has 4 heteroatoms. The van der Waals surface area contributed by atoms with Gasteiger partial charge in [-0.25, -0.2) is 0 Å². The van der Waals surface area contributed by atoms with E-state index in [-0.39, 0.29) is 0 Å². The van der Waals surface area contributed by atoms with Gasteiger partial charge in [-0.15, -0.1) is 33.2 Å². The summed E-state index contributed by atoms with van der Waals surface area (Å²) in [5, 5.41) is 0. The average Bonchev–Trinajstić information content (AvgIpc) is 1.82. The Morgan fingerprint density at radius 2 is 0.583 bits per heavy atom. The van der Waals surface area contributed by atoms with Gasteiger partial charge in [0, 0.05) is 0 Å². The molecular formula is C8H16Cl3Si. The Kier molecular flexibility index (Phi) is 11.1. The predicted molar refractivity (Wildman–Crippen MR) is 60.2 cm³/mol. The Bertz CT molecular complexity index is 61.6. The van der Waals surface area contributed by atoms with Crippen LogP contribution in [0.4, 0.5) is 0 Å². The molecule has 0 heterocycles. The number of hydrogen-bond acceptors (Lipinski definition) is 0. The van der Waals surface area contributed by atoms with Crippen LogP contribution < -0.4 is 0 Å². The van der Waals surface area contributed by atoms with E-state index in [9.17, 15) is 0 Å². The van der Waals surface area contributed by atoms with Gasteiger partial charge >= 0.3 is 6.73 Å². The zero-order chi connectivity index (χ0) is 9.23. The lowest BCUT2D eigenvalue weighted by Gasteiger charge is -2.05. The molecule has 0 aromatic rings. The third kappa shape index (κ3) is 13.7. The Hall–Kier alpha value is 1.09. The molecule has 1 aliphatic carbocycles. The van der Waals surface area contributed by atoms with Gasteiger partial charge in [0.2, 0.25) is 0 Å². The highest BCUT2D eigenvalue weighted by molar-refractivity contribution is 7.54. The van der Waals surface area contributed by atoms with Crippen LogP contribution in [0.15, 0.2) is 0 Å². The minimum absolute atomic E-state index is 1.46. The summed E-state index contributed by atoms with van der Waals surface area (Å²) in [5.41, 5.74) is 0. The summed E-state index contributed by atoms with van der Waals surface area (Å²) in [6, 6.07) is 0. The Morgan fingerprint density at radius 1 is 0.500 bits per heavy atom. The smallest absolute Gasteiger partial charge is 0.125 e. The number of rotatable bonds is 0. The summed E-state index contributed by atoms with van der Waals surface area (Å²) >= 11 is 14.7. The largest absolute Gasteiger partial charge is 0.376 e. The van der Waals surface area contributed by atoms with Crippen molar-refractivity contribution in [1.82, 2.24) is 0 Å². The monoisotopic (exact) mass is 245 g/mol. The minimum Gasteiger partial charge on any atom is -0.125 e. The molecule has 73 valence electrons. The van der Waals surface area contributed by atoms with Gasteiger partial charge in [-0.2, -0.15) is 0 Å². The van der Waals surface area contributed by atoms with Crippen molar-refractivity contribution in [3.63, 3.8) is 0 Å². The molecule has 0 aromatic carbocycles. The van der Waals surface area contributed by atoms with Crippen molar-refractivity contribution < 1.29 is 0 Å². The number of hydrogen-bond donors (Lipinski definition) is 0. The Morgan fingerprint density at radius 3 is 0.667 bits per heavy atom. The van der Waals surface area contributed by atoms with Crippen LogP contribution >= 0.6 is 33.2 Å². The first-order valence-electron chi connectivity index (χ1n) is 4.57. The molecular weight excluding hydrogens is 231 g/mol. The van der Waals surface area contributed by atoms with E-state index in [4.69, 9.17) is 33.2 Å². The van der Waals surface area contributed by atoms with Crippen LogP contribution in [-0.4, -0.2) is 6.73 Å². The quantitative estimate of drug-likeness (QED) is 0.425. The van der Waals surface area contributed by atoms with E-state index in [0.29, 0.717) is 0 Å². The van der Waals surface area contributed by atoms with Crippen LogP contribution in [0.25, 0.3) is 0 Å². The second-order valence-corrected chi connectivity index (χ2v) is 8.61. The zero-order valence-electron chi connectivity index (χ0n) is 7.29. The minimum atomic E-state index is -1.46. The fourth-order valence-electron chi connectivity index (χ4n) is 1.41. The molecule has 0 amide bonds.